The minimum Gasteiger partial charge on any atom is -0.394 e. The first-order valence-electron chi connectivity index (χ1n) is 9.38. The Hall–Kier alpha value is -3.15. The zero-order valence-corrected chi connectivity index (χ0v) is 17.1. The average Bonchev–Trinajstić information content (AvgIpc) is 2.67. The molecule has 1 aromatic carbocycles. The molecule has 2 amide bonds. The fourth-order valence-electron chi connectivity index (χ4n) is 2.32. The summed E-state index contributed by atoms with van der Waals surface area (Å²) in [4.78, 5) is 19.8. The van der Waals surface area contributed by atoms with Crippen molar-refractivity contribution in [1.82, 2.24) is 15.3 Å². The van der Waals surface area contributed by atoms with E-state index in [1.807, 2.05) is 12.2 Å². The lowest BCUT2D eigenvalue weighted by molar-refractivity contribution is -0.182. The van der Waals surface area contributed by atoms with Crippen LogP contribution in [0.15, 0.2) is 30.5 Å². The molecule has 0 bridgehead atoms. The molecule has 0 radical (unpaired) electrons. The van der Waals surface area contributed by atoms with Crippen molar-refractivity contribution in [3.63, 3.8) is 0 Å². The number of amides is 2. The summed E-state index contributed by atoms with van der Waals surface area (Å²) in [5.41, 5.74) is -1.80. The van der Waals surface area contributed by atoms with Crippen molar-refractivity contribution in [1.29, 1.82) is 0 Å². The first-order chi connectivity index (χ1) is 14.4. The maximum Gasteiger partial charge on any atom is 0.411 e. The summed E-state index contributed by atoms with van der Waals surface area (Å²) in [6.07, 6.45) is -3.12. The van der Waals surface area contributed by atoms with Crippen LogP contribution >= 0.6 is 0 Å². The first kappa shape index (κ1) is 24.1. The molecular weight excluding hydrogens is 420 g/mol. The van der Waals surface area contributed by atoms with Gasteiger partial charge in [0.25, 0.3) is 0 Å². The van der Waals surface area contributed by atoms with Gasteiger partial charge in [-0.25, -0.2) is 14.2 Å². The van der Waals surface area contributed by atoms with Crippen molar-refractivity contribution < 1.29 is 27.5 Å². The largest absolute Gasteiger partial charge is 0.411 e. The van der Waals surface area contributed by atoms with Crippen molar-refractivity contribution >= 4 is 29.2 Å². The SMILES string of the molecule is CC[C@@H](CO)Nc1nc(Nc2cccc(NC(=O)NC(C)(C)C(F)(F)F)c2)ncc1F. The van der Waals surface area contributed by atoms with Gasteiger partial charge in [0.1, 0.15) is 5.54 Å². The molecule has 0 aliphatic rings. The lowest BCUT2D eigenvalue weighted by atomic mass is 10.1. The summed E-state index contributed by atoms with van der Waals surface area (Å²) in [5, 5.41) is 19.0. The van der Waals surface area contributed by atoms with Gasteiger partial charge in [-0.3, -0.25) is 0 Å². The second kappa shape index (κ2) is 9.77. The molecule has 2 rings (SSSR count). The number of hydrogen-bond donors (Lipinski definition) is 5. The molecule has 1 heterocycles. The number of alkyl halides is 3. The van der Waals surface area contributed by atoms with E-state index in [4.69, 9.17) is 0 Å². The van der Waals surface area contributed by atoms with E-state index in [0.29, 0.717) is 12.1 Å². The number of aliphatic hydroxyl groups is 1. The molecule has 8 nitrogen and oxygen atoms in total. The number of aliphatic hydroxyl groups excluding tert-OH is 1. The fraction of sp³-hybridized carbons (Fsp3) is 0.421. The third-order valence-corrected chi connectivity index (χ3v) is 4.31. The molecule has 0 aliphatic carbocycles. The fourth-order valence-corrected chi connectivity index (χ4v) is 2.32. The Labute approximate surface area is 176 Å². The van der Waals surface area contributed by atoms with Crippen molar-refractivity contribution in [2.24, 2.45) is 0 Å². The Balaban J connectivity index is 2.10. The summed E-state index contributed by atoms with van der Waals surface area (Å²) in [6, 6.07) is 4.67. The van der Waals surface area contributed by atoms with Crippen LogP contribution in [0.4, 0.5) is 45.5 Å². The van der Waals surface area contributed by atoms with Crippen LogP contribution < -0.4 is 21.3 Å². The van der Waals surface area contributed by atoms with Gasteiger partial charge in [0.15, 0.2) is 11.6 Å². The minimum atomic E-state index is -4.62. The van der Waals surface area contributed by atoms with Gasteiger partial charge < -0.3 is 26.4 Å². The topological polar surface area (TPSA) is 111 Å². The standard InChI is InChI=1S/C19H24F4N6O2/c1-4-11(10-30)25-15-14(20)9-24-16(28-15)26-12-6-5-7-13(8-12)27-17(31)29-18(2,3)19(21,22)23/h5-9,11,30H,4,10H2,1-3H3,(H2,27,29,31)(H2,24,25,26,28)/t11-/m0/s1. The van der Waals surface area contributed by atoms with E-state index >= 15 is 0 Å². The zero-order chi connectivity index (χ0) is 23.2. The molecule has 0 saturated heterocycles. The summed E-state index contributed by atoms with van der Waals surface area (Å²) in [6.45, 7) is 3.31. The molecule has 1 aromatic heterocycles. The molecule has 0 spiro atoms. The van der Waals surface area contributed by atoms with E-state index in [-0.39, 0.29) is 30.1 Å². The third-order valence-electron chi connectivity index (χ3n) is 4.31. The van der Waals surface area contributed by atoms with Gasteiger partial charge in [0.05, 0.1) is 18.8 Å². The zero-order valence-electron chi connectivity index (χ0n) is 17.1. The summed E-state index contributed by atoms with van der Waals surface area (Å²) < 4.78 is 52.7. The van der Waals surface area contributed by atoms with Gasteiger partial charge in [-0.1, -0.05) is 13.0 Å². The lowest BCUT2D eigenvalue weighted by Crippen LogP contribution is -2.55. The van der Waals surface area contributed by atoms with E-state index in [2.05, 4.69) is 25.9 Å². The number of urea groups is 1. The Kier molecular flexibility index (Phi) is 7.60. The van der Waals surface area contributed by atoms with Crippen LogP contribution in [0, 0.1) is 5.82 Å². The first-order valence-corrected chi connectivity index (χ1v) is 9.38. The van der Waals surface area contributed by atoms with E-state index in [1.54, 1.807) is 12.1 Å². The van der Waals surface area contributed by atoms with E-state index < -0.39 is 23.6 Å². The second-order valence-corrected chi connectivity index (χ2v) is 7.23. The van der Waals surface area contributed by atoms with E-state index in [9.17, 15) is 27.5 Å². The quantitative estimate of drug-likeness (QED) is 0.394. The van der Waals surface area contributed by atoms with Crippen molar-refractivity contribution in [3.8, 4) is 0 Å². The molecule has 12 heteroatoms. The number of nitrogens with one attached hydrogen (secondary N) is 4. The highest BCUT2D eigenvalue weighted by Gasteiger charge is 2.48. The highest BCUT2D eigenvalue weighted by atomic mass is 19.4. The van der Waals surface area contributed by atoms with Crippen molar-refractivity contribution in [2.75, 3.05) is 22.6 Å². The normalized spacial score (nSPS) is 12.8. The van der Waals surface area contributed by atoms with E-state index in [1.165, 1.54) is 12.1 Å². The van der Waals surface area contributed by atoms with Gasteiger partial charge >= 0.3 is 12.2 Å². The Morgan fingerprint density at radius 2 is 1.90 bits per heavy atom. The molecule has 170 valence electrons. The molecule has 1 atom stereocenters. The predicted octanol–water partition coefficient (Wildman–Crippen LogP) is 4.00. The van der Waals surface area contributed by atoms with Gasteiger partial charge in [-0.15, -0.1) is 0 Å². The summed E-state index contributed by atoms with van der Waals surface area (Å²) in [5.74, 6) is -0.755. The molecule has 2 aromatic rings. The highest BCUT2D eigenvalue weighted by Crippen LogP contribution is 2.29. The van der Waals surface area contributed by atoms with Crippen LogP contribution in [0.5, 0.6) is 0 Å². The van der Waals surface area contributed by atoms with Crippen LogP contribution in [0.2, 0.25) is 0 Å². The maximum atomic E-state index is 13.9. The smallest absolute Gasteiger partial charge is 0.394 e. The highest BCUT2D eigenvalue weighted by molar-refractivity contribution is 5.90. The molecule has 0 aliphatic heterocycles. The van der Waals surface area contributed by atoms with Crippen molar-refractivity contribution in [3.05, 3.63) is 36.3 Å². The number of carbonyl (C=O) groups excluding carboxylic acids is 1. The summed E-state index contributed by atoms with van der Waals surface area (Å²) in [7, 11) is 0. The number of rotatable bonds is 8. The van der Waals surface area contributed by atoms with Crippen LogP contribution in [0.25, 0.3) is 0 Å². The molecule has 5 N–H and O–H groups in total. The van der Waals surface area contributed by atoms with Gasteiger partial charge in [0, 0.05) is 11.4 Å². The Bertz CT molecular complexity index is 903. The molecule has 31 heavy (non-hydrogen) atoms. The molecule has 0 saturated carbocycles. The maximum absolute atomic E-state index is 13.9. The number of carbonyl (C=O) groups is 1. The second-order valence-electron chi connectivity index (χ2n) is 7.23. The molecule has 0 unspecified atom stereocenters. The predicted molar refractivity (Wildman–Crippen MR) is 109 cm³/mol. The van der Waals surface area contributed by atoms with Gasteiger partial charge in [-0.2, -0.15) is 18.2 Å². The van der Waals surface area contributed by atoms with E-state index in [0.717, 1.165) is 20.0 Å². The number of nitrogens with zero attached hydrogens (tertiary/aromatic N) is 2. The average molecular weight is 444 g/mol. The third kappa shape index (κ3) is 6.67. The number of hydrogen-bond acceptors (Lipinski definition) is 6. The van der Waals surface area contributed by atoms with Crippen LogP contribution in [0.3, 0.4) is 0 Å². The monoisotopic (exact) mass is 444 g/mol. The van der Waals surface area contributed by atoms with Gasteiger partial charge in [-0.05, 0) is 38.5 Å². The number of anilines is 4. The lowest BCUT2D eigenvalue weighted by Gasteiger charge is -2.28. The molecule has 0 fully saturated rings. The van der Waals surface area contributed by atoms with Crippen molar-refractivity contribution in [2.45, 2.75) is 44.9 Å². The van der Waals surface area contributed by atoms with Crippen LogP contribution in [-0.4, -0.2) is 45.5 Å². The van der Waals surface area contributed by atoms with Crippen LogP contribution in [-0.2, 0) is 0 Å². The minimum absolute atomic E-state index is 0.0384. The van der Waals surface area contributed by atoms with Crippen LogP contribution in [0.1, 0.15) is 27.2 Å². The summed E-state index contributed by atoms with van der Waals surface area (Å²) >= 11 is 0. The van der Waals surface area contributed by atoms with Gasteiger partial charge in [0.2, 0.25) is 5.95 Å². The number of halogens is 4. The Morgan fingerprint density at radius 3 is 2.52 bits per heavy atom. The Morgan fingerprint density at radius 1 is 1.23 bits per heavy atom. The number of benzene rings is 1. The molecular formula is C19H24F4N6O2. The number of aromatic nitrogens is 2.